The molecule has 2 saturated heterocycles. The third-order valence-corrected chi connectivity index (χ3v) is 2.72. The van der Waals surface area contributed by atoms with E-state index in [1.165, 1.54) is 6.42 Å². The van der Waals surface area contributed by atoms with Crippen LogP contribution in [0.5, 0.6) is 0 Å². The summed E-state index contributed by atoms with van der Waals surface area (Å²) in [6, 6.07) is 0.219. The van der Waals surface area contributed by atoms with Crippen molar-refractivity contribution in [1.29, 1.82) is 0 Å². The number of morpholine rings is 1. The summed E-state index contributed by atoms with van der Waals surface area (Å²) >= 11 is 0. The van der Waals surface area contributed by atoms with Crippen molar-refractivity contribution >= 4 is 5.91 Å². The summed E-state index contributed by atoms with van der Waals surface area (Å²) in [6.45, 7) is 3.99. The lowest BCUT2D eigenvalue weighted by Crippen LogP contribution is -2.55. The molecule has 2 unspecified atom stereocenters. The monoisotopic (exact) mass is 184 g/mol. The van der Waals surface area contributed by atoms with Gasteiger partial charge < -0.3 is 9.64 Å². The number of nitrogens with one attached hydrogen (secondary N) is 1. The van der Waals surface area contributed by atoms with Crippen LogP contribution in [0.3, 0.4) is 0 Å². The summed E-state index contributed by atoms with van der Waals surface area (Å²) in [5.41, 5.74) is 0. The number of rotatable bonds is 1. The van der Waals surface area contributed by atoms with Crippen molar-refractivity contribution < 1.29 is 9.53 Å². The number of carbonyl (C=O) groups excluding carboxylic acids is 1. The minimum atomic E-state index is 0.123. The third kappa shape index (κ3) is 1.69. The van der Waals surface area contributed by atoms with Gasteiger partial charge in [0.25, 0.3) is 0 Å². The van der Waals surface area contributed by atoms with Gasteiger partial charge in [-0.05, 0) is 26.3 Å². The van der Waals surface area contributed by atoms with Gasteiger partial charge >= 0.3 is 0 Å². The zero-order chi connectivity index (χ0) is 9.26. The summed E-state index contributed by atoms with van der Waals surface area (Å²) < 4.78 is 5.16. The average molecular weight is 184 g/mol. The van der Waals surface area contributed by atoms with Crippen LogP contribution < -0.4 is 5.32 Å². The molecule has 2 aliphatic heterocycles. The number of hydrogen-bond donors (Lipinski definition) is 1. The van der Waals surface area contributed by atoms with Gasteiger partial charge in [0, 0.05) is 0 Å². The molecule has 1 amide bonds. The van der Waals surface area contributed by atoms with Crippen LogP contribution in [0.2, 0.25) is 0 Å². The topological polar surface area (TPSA) is 41.6 Å². The molecule has 0 radical (unpaired) electrons. The molecule has 13 heavy (non-hydrogen) atoms. The normalized spacial score (nSPS) is 35.5. The lowest BCUT2D eigenvalue weighted by atomic mass is 10.2. The van der Waals surface area contributed by atoms with Crippen LogP contribution in [0, 0.1) is 0 Å². The van der Waals surface area contributed by atoms with Crippen LogP contribution in [0.1, 0.15) is 19.8 Å². The maximum Gasteiger partial charge on any atom is 0.250 e. The van der Waals surface area contributed by atoms with E-state index in [1.54, 1.807) is 0 Å². The maximum absolute atomic E-state index is 11.6. The second-order valence-corrected chi connectivity index (χ2v) is 3.78. The average Bonchev–Trinajstić information content (AvgIpc) is 2.57. The minimum absolute atomic E-state index is 0.123. The van der Waals surface area contributed by atoms with E-state index in [4.69, 9.17) is 4.74 Å². The quantitative estimate of drug-likeness (QED) is 0.621. The largest absolute Gasteiger partial charge is 0.370 e. The molecule has 2 heterocycles. The van der Waals surface area contributed by atoms with Crippen molar-refractivity contribution in [2.45, 2.75) is 32.0 Å². The number of carbonyl (C=O) groups is 1. The first kappa shape index (κ1) is 8.97. The van der Waals surface area contributed by atoms with Crippen LogP contribution in [-0.4, -0.2) is 42.8 Å². The molecule has 0 spiro atoms. The number of ether oxygens (including phenoxy) is 1. The predicted molar refractivity (Wildman–Crippen MR) is 48.2 cm³/mol. The fraction of sp³-hybridized carbons (Fsp3) is 0.889. The first-order chi connectivity index (χ1) is 6.29. The van der Waals surface area contributed by atoms with E-state index < -0.39 is 0 Å². The van der Waals surface area contributed by atoms with E-state index in [-0.39, 0.29) is 24.7 Å². The van der Waals surface area contributed by atoms with Gasteiger partial charge in [-0.2, -0.15) is 0 Å². The number of amides is 1. The fourth-order valence-electron chi connectivity index (χ4n) is 2.10. The highest BCUT2D eigenvalue weighted by Gasteiger charge is 2.32. The van der Waals surface area contributed by atoms with Crippen LogP contribution in [-0.2, 0) is 9.53 Å². The molecule has 2 fully saturated rings. The Morgan fingerprint density at radius 2 is 2.46 bits per heavy atom. The Hall–Kier alpha value is -0.610. The predicted octanol–water partition coefficient (Wildman–Crippen LogP) is -0.0568. The molecule has 2 rings (SSSR count). The van der Waals surface area contributed by atoms with Gasteiger partial charge in [0.2, 0.25) is 5.91 Å². The van der Waals surface area contributed by atoms with Gasteiger partial charge in [0.15, 0.2) is 0 Å². The number of hydrogen-bond acceptors (Lipinski definition) is 3. The molecule has 0 aromatic rings. The minimum Gasteiger partial charge on any atom is -0.370 e. The van der Waals surface area contributed by atoms with Crippen LogP contribution in [0.15, 0.2) is 0 Å². The van der Waals surface area contributed by atoms with E-state index in [0.29, 0.717) is 6.61 Å². The van der Waals surface area contributed by atoms with Crippen molar-refractivity contribution in [2.75, 3.05) is 19.8 Å². The first-order valence-corrected chi connectivity index (χ1v) is 4.91. The number of nitrogens with zero attached hydrogens (tertiary/aromatic N) is 1. The molecule has 0 bridgehead atoms. The van der Waals surface area contributed by atoms with Gasteiger partial charge in [-0.1, -0.05) is 0 Å². The van der Waals surface area contributed by atoms with Crippen molar-refractivity contribution in [3.8, 4) is 0 Å². The molecule has 0 aliphatic carbocycles. The third-order valence-electron chi connectivity index (χ3n) is 2.72. The zero-order valence-electron chi connectivity index (χ0n) is 7.95. The Morgan fingerprint density at radius 1 is 1.62 bits per heavy atom. The van der Waals surface area contributed by atoms with Gasteiger partial charge in [-0.25, -0.2) is 0 Å². The standard InChI is InChI=1S/C9H16N2O2/c1-7-5-13-6-9(12)11(7)8-3-2-4-10-8/h7-8,10H,2-6H2,1H3. The molecular weight excluding hydrogens is 168 g/mol. The Labute approximate surface area is 78.2 Å². The Bertz CT molecular complexity index is 202. The molecular formula is C9H16N2O2. The van der Waals surface area contributed by atoms with Crippen molar-refractivity contribution in [2.24, 2.45) is 0 Å². The molecule has 2 aliphatic rings. The Morgan fingerprint density at radius 3 is 3.08 bits per heavy atom. The van der Waals surface area contributed by atoms with Crippen molar-refractivity contribution in [1.82, 2.24) is 10.2 Å². The van der Waals surface area contributed by atoms with Gasteiger partial charge in [-0.15, -0.1) is 0 Å². The van der Waals surface area contributed by atoms with Crippen molar-refractivity contribution in [3.05, 3.63) is 0 Å². The lowest BCUT2D eigenvalue weighted by molar-refractivity contribution is -0.151. The van der Waals surface area contributed by atoms with E-state index >= 15 is 0 Å². The maximum atomic E-state index is 11.6. The molecule has 0 saturated carbocycles. The molecule has 1 N–H and O–H groups in total. The smallest absolute Gasteiger partial charge is 0.250 e. The van der Waals surface area contributed by atoms with Gasteiger partial charge in [-0.3, -0.25) is 10.1 Å². The van der Waals surface area contributed by atoms with Crippen LogP contribution in [0.25, 0.3) is 0 Å². The van der Waals surface area contributed by atoms with Gasteiger partial charge in [0.05, 0.1) is 18.8 Å². The van der Waals surface area contributed by atoms with Crippen molar-refractivity contribution in [3.63, 3.8) is 0 Å². The molecule has 0 aromatic carbocycles. The lowest BCUT2D eigenvalue weighted by Gasteiger charge is -2.37. The summed E-state index contributed by atoms with van der Waals surface area (Å²) in [4.78, 5) is 13.5. The summed E-state index contributed by atoms with van der Waals surface area (Å²) in [7, 11) is 0. The molecule has 4 nitrogen and oxygen atoms in total. The Kier molecular flexibility index (Phi) is 2.51. The SMILES string of the molecule is CC1COCC(=O)N1C1CCCN1. The second-order valence-electron chi connectivity index (χ2n) is 3.78. The first-order valence-electron chi connectivity index (χ1n) is 4.91. The molecule has 4 heteroatoms. The summed E-state index contributed by atoms with van der Waals surface area (Å²) in [5, 5.41) is 3.34. The van der Waals surface area contributed by atoms with E-state index in [1.807, 2.05) is 11.8 Å². The zero-order valence-corrected chi connectivity index (χ0v) is 7.95. The Balaban J connectivity index is 2.04. The van der Waals surface area contributed by atoms with Crippen LogP contribution >= 0.6 is 0 Å². The molecule has 74 valence electrons. The van der Waals surface area contributed by atoms with E-state index in [0.717, 1.165) is 13.0 Å². The fourth-order valence-corrected chi connectivity index (χ4v) is 2.10. The molecule has 2 atom stereocenters. The van der Waals surface area contributed by atoms with Gasteiger partial charge in [0.1, 0.15) is 6.61 Å². The molecule has 0 aromatic heterocycles. The van der Waals surface area contributed by atoms with Crippen LogP contribution in [0.4, 0.5) is 0 Å². The highest BCUT2D eigenvalue weighted by atomic mass is 16.5. The summed E-state index contributed by atoms with van der Waals surface area (Å²) in [6.07, 6.45) is 2.50. The van der Waals surface area contributed by atoms with E-state index in [9.17, 15) is 4.79 Å². The second kappa shape index (κ2) is 3.64. The highest BCUT2D eigenvalue weighted by Crippen LogP contribution is 2.17. The summed E-state index contributed by atoms with van der Waals surface area (Å²) in [5.74, 6) is 0.123. The van der Waals surface area contributed by atoms with E-state index in [2.05, 4.69) is 5.32 Å². The highest BCUT2D eigenvalue weighted by molar-refractivity contribution is 5.78.